The third-order valence-electron chi connectivity index (χ3n) is 3.20. The van der Waals surface area contributed by atoms with E-state index in [9.17, 15) is 4.79 Å². The predicted octanol–water partition coefficient (Wildman–Crippen LogP) is 3.48. The fourth-order valence-corrected chi connectivity index (χ4v) is 1.86. The number of benzene rings is 1. The summed E-state index contributed by atoms with van der Waals surface area (Å²) in [5.41, 5.74) is 2.15. The van der Waals surface area contributed by atoms with Gasteiger partial charge in [0.1, 0.15) is 0 Å². The molecule has 1 amide bonds. The Morgan fingerprint density at radius 2 is 2.06 bits per heavy atom. The lowest BCUT2D eigenvalue weighted by atomic mass is 9.98. The van der Waals surface area contributed by atoms with Gasteiger partial charge in [0.25, 0.3) is 0 Å². The third-order valence-corrected chi connectivity index (χ3v) is 3.20. The monoisotopic (exact) mass is 248 g/mol. The summed E-state index contributed by atoms with van der Waals surface area (Å²) in [4.78, 5) is 11.0. The van der Waals surface area contributed by atoms with Gasteiger partial charge in [-0.1, -0.05) is 19.1 Å². The van der Waals surface area contributed by atoms with E-state index >= 15 is 0 Å². The highest BCUT2D eigenvalue weighted by atomic mass is 16.1. The molecular formula is C15H24N2O. The van der Waals surface area contributed by atoms with Gasteiger partial charge in [-0.25, -0.2) is 0 Å². The van der Waals surface area contributed by atoms with Crippen LogP contribution >= 0.6 is 0 Å². The van der Waals surface area contributed by atoms with Gasteiger partial charge in [-0.3, -0.25) is 4.79 Å². The van der Waals surface area contributed by atoms with Crippen LogP contribution in [0.5, 0.6) is 0 Å². The number of anilines is 1. The first kappa shape index (κ1) is 14.7. The zero-order valence-electron chi connectivity index (χ0n) is 12.0. The minimum Gasteiger partial charge on any atom is -0.326 e. The van der Waals surface area contributed by atoms with Crippen LogP contribution in [0.15, 0.2) is 24.3 Å². The Hall–Kier alpha value is -1.35. The highest BCUT2D eigenvalue weighted by Gasteiger charge is 2.18. The van der Waals surface area contributed by atoms with E-state index in [1.807, 2.05) is 18.2 Å². The SMILES string of the molecule is CCC(C)(C)NC(C)c1cccc(NC(C)=O)c1. The summed E-state index contributed by atoms with van der Waals surface area (Å²) >= 11 is 0. The molecule has 1 rings (SSSR count). The molecule has 1 unspecified atom stereocenters. The van der Waals surface area contributed by atoms with Crippen LogP contribution in [0.1, 0.15) is 52.6 Å². The molecule has 0 radical (unpaired) electrons. The van der Waals surface area contributed by atoms with E-state index in [0.717, 1.165) is 12.1 Å². The third kappa shape index (κ3) is 4.49. The fraction of sp³-hybridized carbons (Fsp3) is 0.533. The Balaban J connectivity index is 2.79. The van der Waals surface area contributed by atoms with Crippen LogP contribution in [0, 0.1) is 0 Å². The molecule has 0 aliphatic carbocycles. The lowest BCUT2D eigenvalue weighted by molar-refractivity contribution is -0.114. The Kier molecular flexibility index (Phi) is 4.91. The van der Waals surface area contributed by atoms with Crippen molar-refractivity contribution in [2.45, 2.75) is 52.6 Å². The number of hydrogen-bond acceptors (Lipinski definition) is 2. The number of carbonyl (C=O) groups excluding carboxylic acids is 1. The molecule has 0 saturated heterocycles. The largest absolute Gasteiger partial charge is 0.326 e. The summed E-state index contributed by atoms with van der Waals surface area (Å²) in [7, 11) is 0. The normalized spacial score (nSPS) is 13.2. The maximum atomic E-state index is 11.0. The van der Waals surface area contributed by atoms with Crippen LogP contribution < -0.4 is 10.6 Å². The molecule has 0 spiro atoms. The van der Waals surface area contributed by atoms with Gasteiger partial charge in [-0.05, 0) is 44.9 Å². The van der Waals surface area contributed by atoms with Gasteiger partial charge >= 0.3 is 0 Å². The lowest BCUT2D eigenvalue weighted by Crippen LogP contribution is -2.40. The van der Waals surface area contributed by atoms with Gasteiger partial charge in [0.05, 0.1) is 0 Å². The van der Waals surface area contributed by atoms with Crippen LogP contribution in [0.3, 0.4) is 0 Å². The fourth-order valence-electron chi connectivity index (χ4n) is 1.86. The maximum Gasteiger partial charge on any atom is 0.221 e. The molecule has 0 saturated carbocycles. The molecule has 3 heteroatoms. The summed E-state index contributed by atoms with van der Waals surface area (Å²) in [5.74, 6) is -0.0401. The van der Waals surface area contributed by atoms with Gasteiger partial charge in [-0.15, -0.1) is 0 Å². The van der Waals surface area contributed by atoms with Crippen molar-refractivity contribution in [3.8, 4) is 0 Å². The molecule has 0 fully saturated rings. The van der Waals surface area contributed by atoms with Crippen molar-refractivity contribution in [1.82, 2.24) is 5.32 Å². The standard InChI is InChI=1S/C15H24N2O/c1-6-15(4,5)17-11(2)13-8-7-9-14(10-13)16-12(3)18/h7-11,17H,6H2,1-5H3,(H,16,18). The van der Waals surface area contributed by atoms with Crippen LogP contribution in [0.2, 0.25) is 0 Å². The molecule has 3 nitrogen and oxygen atoms in total. The molecule has 0 aliphatic rings. The number of carbonyl (C=O) groups is 1. The van der Waals surface area contributed by atoms with Crippen LogP contribution in [0.4, 0.5) is 5.69 Å². The second-order valence-electron chi connectivity index (χ2n) is 5.41. The van der Waals surface area contributed by atoms with E-state index in [1.165, 1.54) is 12.5 Å². The minimum atomic E-state index is -0.0401. The summed E-state index contributed by atoms with van der Waals surface area (Å²) in [6.45, 7) is 10.2. The van der Waals surface area contributed by atoms with Gasteiger partial charge in [0, 0.05) is 24.2 Å². The first-order valence-electron chi connectivity index (χ1n) is 6.49. The smallest absolute Gasteiger partial charge is 0.221 e. The summed E-state index contributed by atoms with van der Waals surface area (Å²) in [6.07, 6.45) is 1.07. The zero-order chi connectivity index (χ0) is 13.8. The number of hydrogen-bond donors (Lipinski definition) is 2. The molecule has 1 aromatic rings. The summed E-state index contributed by atoms with van der Waals surface area (Å²) in [6, 6.07) is 8.23. The second-order valence-corrected chi connectivity index (χ2v) is 5.41. The molecule has 18 heavy (non-hydrogen) atoms. The predicted molar refractivity (Wildman–Crippen MR) is 76.7 cm³/mol. The molecule has 100 valence electrons. The van der Waals surface area contributed by atoms with Crippen LogP contribution in [-0.2, 0) is 4.79 Å². The first-order chi connectivity index (χ1) is 8.34. The van der Waals surface area contributed by atoms with E-state index in [1.54, 1.807) is 0 Å². The average molecular weight is 248 g/mol. The number of nitrogens with one attached hydrogen (secondary N) is 2. The zero-order valence-corrected chi connectivity index (χ0v) is 12.0. The summed E-state index contributed by atoms with van der Waals surface area (Å²) in [5, 5.41) is 6.40. The Labute approximate surface area is 110 Å². The molecule has 0 aromatic heterocycles. The van der Waals surface area contributed by atoms with Crippen LogP contribution in [0.25, 0.3) is 0 Å². The van der Waals surface area contributed by atoms with Crippen molar-refractivity contribution in [2.75, 3.05) is 5.32 Å². The van der Waals surface area contributed by atoms with Gasteiger partial charge < -0.3 is 10.6 Å². The highest BCUT2D eigenvalue weighted by molar-refractivity contribution is 5.88. The molecule has 1 aromatic carbocycles. The van der Waals surface area contributed by atoms with Crippen LogP contribution in [-0.4, -0.2) is 11.4 Å². The van der Waals surface area contributed by atoms with Gasteiger partial charge in [-0.2, -0.15) is 0 Å². The van der Waals surface area contributed by atoms with Crippen molar-refractivity contribution >= 4 is 11.6 Å². The van der Waals surface area contributed by atoms with E-state index < -0.39 is 0 Å². The number of amides is 1. The van der Waals surface area contributed by atoms with E-state index in [2.05, 4.69) is 44.4 Å². The van der Waals surface area contributed by atoms with E-state index in [4.69, 9.17) is 0 Å². The number of rotatable bonds is 5. The van der Waals surface area contributed by atoms with Crippen molar-refractivity contribution < 1.29 is 4.79 Å². The van der Waals surface area contributed by atoms with E-state index in [0.29, 0.717) is 0 Å². The molecule has 0 bridgehead atoms. The Morgan fingerprint density at radius 3 is 2.61 bits per heavy atom. The molecular weight excluding hydrogens is 224 g/mol. The second kappa shape index (κ2) is 6.01. The molecule has 0 aliphatic heterocycles. The highest BCUT2D eigenvalue weighted by Crippen LogP contribution is 2.21. The molecule has 0 heterocycles. The molecule has 2 N–H and O–H groups in total. The van der Waals surface area contributed by atoms with E-state index in [-0.39, 0.29) is 17.5 Å². The average Bonchev–Trinajstić information content (AvgIpc) is 2.28. The molecule has 1 atom stereocenters. The van der Waals surface area contributed by atoms with Gasteiger partial charge in [0.15, 0.2) is 0 Å². The topological polar surface area (TPSA) is 41.1 Å². The quantitative estimate of drug-likeness (QED) is 0.837. The van der Waals surface area contributed by atoms with Gasteiger partial charge in [0.2, 0.25) is 5.91 Å². The Bertz CT molecular complexity index is 413. The van der Waals surface area contributed by atoms with Crippen molar-refractivity contribution in [3.63, 3.8) is 0 Å². The Morgan fingerprint density at radius 1 is 1.39 bits per heavy atom. The van der Waals surface area contributed by atoms with Crippen molar-refractivity contribution in [2.24, 2.45) is 0 Å². The lowest BCUT2D eigenvalue weighted by Gasteiger charge is -2.29. The summed E-state index contributed by atoms with van der Waals surface area (Å²) < 4.78 is 0. The van der Waals surface area contributed by atoms with Crippen molar-refractivity contribution in [3.05, 3.63) is 29.8 Å². The minimum absolute atomic E-state index is 0.0401. The first-order valence-corrected chi connectivity index (χ1v) is 6.49. The maximum absolute atomic E-state index is 11.0. The van der Waals surface area contributed by atoms with Crippen molar-refractivity contribution in [1.29, 1.82) is 0 Å².